The Morgan fingerprint density at radius 2 is 0.932 bits per heavy atom. The van der Waals surface area contributed by atoms with Crippen LogP contribution in [0.2, 0.25) is 0 Å². The fourth-order valence-corrected chi connectivity index (χ4v) is 7.36. The van der Waals surface area contributed by atoms with Crippen molar-refractivity contribution in [1.82, 2.24) is 0 Å². The van der Waals surface area contributed by atoms with Crippen molar-refractivity contribution < 1.29 is 42.1 Å². The molecule has 0 saturated heterocycles. The molecule has 0 spiro atoms. The third-order valence-corrected chi connectivity index (χ3v) is 11.4. The first-order chi connectivity index (χ1) is 28.5. The molecule has 1 N–H and O–H groups in total. The zero-order valence-corrected chi connectivity index (χ0v) is 39.9. The van der Waals surface area contributed by atoms with Gasteiger partial charge in [0.2, 0.25) is 0 Å². The van der Waals surface area contributed by atoms with Crippen LogP contribution in [0.3, 0.4) is 0 Å². The third kappa shape index (κ3) is 45.6. The predicted octanol–water partition coefficient (Wildman–Crippen LogP) is 14.1. The summed E-state index contributed by atoms with van der Waals surface area (Å²) in [4.78, 5) is 35.4. The second-order valence-corrected chi connectivity index (χ2v) is 19.0. The lowest BCUT2D eigenvalue weighted by atomic mass is 10.0. The van der Waals surface area contributed by atoms with Gasteiger partial charge in [-0.05, 0) is 44.9 Å². The van der Waals surface area contributed by atoms with Gasteiger partial charge in [0.25, 0.3) is 0 Å². The van der Waals surface area contributed by atoms with Crippen molar-refractivity contribution in [3.05, 3.63) is 36.5 Å². The number of phosphoric acid groups is 1. The van der Waals surface area contributed by atoms with E-state index >= 15 is 0 Å². The number of ether oxygens (including phenoxy) is 2. The first-order valence-corrected chi connectivity index (χ1v) is 25.7. The van der Waals surface area contributed by atoms with Crippen molar-refractivity contribution in [1.29, 1.82) is 0 Å². The molecule has 10 heteroatoms. The minimum Gasteiger partial charge on any atom is -0.462 e. The zero-order chi connectivity index (χ0) is 43.6. The molecular weight excluding hydrogens is 762 g/mol. The van der Waals surface area contributed by atoms with Gasteiger partial charge >= 0.3 is 19.8 Å². The van der Waals surface area contributed by atoms with Crippen molar-refractivity contribution in [3.8, 4) is 0 Å². The minimum absolute atomic E-state index is 0.0253. The first-order valence-electron chi connectivity index (χ1n) is 24.2. The van der Waals surface area contributed by atoms with Crippen LogP contribution in [0, 0.1) is 0 Å². The van der Waals surface area contributed by atoms with Crippen LogP contribution in [-0.4, -0.2) is 74.9 Å². The Balaban J connectivity index is 4.35. The van der Waals surface area contributed by atoms with Crippen LogP contribution in [-0.2, 0) is 32.7 Å². The van der Waals surface area contributed by atoms with Crippen LogP contribution >= 0.6 is 7.82 Å². The molecule has 59 heavy (non-hydrogen) atoms. The maximum atomic E-state index is 12.7. The van der Waals surface area contributed by atoms with Gasteiger partial charge in [-0.15, -0.1) is 0 Å². The van der Waals surface area contributed by atoms with E-state index in [0.29, 0.717) is 23.9 Å². The molecule has 0 radical (unpaired) electrons. The molecule has 0 aromatic carbocycles. The number of hydrogen-bond acceptors (Lipinski definition) is 7. The topological polar surface area (TPSA) is 108 Å². The number of phosphoric ester groups is 1. The maximum absolute atomic E-state index is 12.7. The highest BCUT2D eigenvalue weighted by Crippen LogP contribution is 2.43. The number of esters is 2. The van der Waals surface area contributed by atoms with Crippen LogP contribution in [0.25, 0.3) is 0 Å². The largest absolute Gasteiger partial charge is 0.472 e. The second-order valence-electron chi connectivity index (χ2n) is 17.5. The number of hydrogen-bond donors (Lipinski definition) is 1. The summed E-state index contributed by atoms with van der Waals surface area (Å²) in [6, 6.07) is 0. The summed E-state index contributed by atoms with van der Waals surface area (Å²) in [5, 5.41) is 0. The van der Waals surface area contributed by atoms with E-state index in [1.165, 1.54) is 141 Å². The quantitative estimate of drug-likeness (QED) is 0.0212. The molecule has 0 amide bonds. The Kier molecular flexibility index (Phi) is 40.3. The van der Waals surface area contributed by atoms with E-state index in [1.54, 1.807) is 0 Å². The number of unbranched alkanes of at least 4 members (excludes halogenated alkanes) is 24. The smallest absolute Gasteiger partial charge is 0.462 e. The van der Waals surface area contributed by atoms with Gasteiger partial charge in [-0.3, -0.25) is 18.6 Å². The highest BCUT2D eigenvalue weighted by Gasteiger charge is 2.27. The fourth-order valence-electron chi connectivity index (χ4n) is 6.62. The van der Waals surface area contributed by atoms with Crippen molar-refractivity contribution in [2.24, 2.45) is 0 Å². The summed E-state index contributed by atoms with van der Waals surface area (Å²) in [5.74, 6) is -0.852. The van der Waals surface area contributed by atoms with Crippen LogP contribution in [0.15, 0.2) is 36.5 Å². The van der Waals surface area contributed by atoms with Gasteiger partial charge in [0, 0.05) is 12.8 Å². The average Bonchev–Trinajstić information content (AvgIpc) is 3.19. The van der Waals surface area contributed by atoms with E-state index in [1.807, 2.05) is 21.1 Å². The normalized spacial score (nSPS) is 13.8. The maximum Gasteiger partial charge on any atom is 0.472 e. The third-order valence-electron chi connectivity index (χ3n) is 10.4. The lowest BCUT2D eigenvalue weighted by Crippen LogP contribution is -2.37. The molecule has 2 atom stereocenters. The lowest BCUT2D eigenvalue weighted by molar-refractivity contribution is -0.870. The average molecular weight is 855 g/mol. The number of carbonyl (C=O) groups is 2. The summed E-state index contributed by atoms with van der Waals surface area (Å²) >= 11 is 0. The number of quaternary nitrogens is 1. The summed E-state index contributed by atoms with van der Waals surface area (Å²) in [7, 11) is 1.46. The lowest BCUT2D eigenvalue weighted by Gasteiger charge is -2.24. The molecule has 0 aliphatic carbocycles. The summed E-state index contributed by atoms with van der Waals surface area (Å²) in [6.07, 6.45) is 47.7. The Labute approximate surface area is 363 Å². The molecule has 0 bridgehead atoms. The second kappa shape index (κ2) is 41.6. The number of carbonyl (C=O) groups excluding carboxylic acids is 2. The zero-order valence-electron chi connectivity index (χ0n) is 39.0. The van der Waals surface area contributed by atoms with Crippen molar-refractivity contribution in [2.45, 2.75) is 219 Å². The molecule has 0 aromatic rings. The van der Waals surface area contributed by atoms with Crippen molar-refractivity contribution >= 4 is 19.8 Å². The molecule has 346 valence electrons. The Bertz CT molecular complexity index is 1100. The van der Waals surface area contributed by atoms with E-state index in [2.05, 4.69) is 50.3 Å². The molecule has 0 rings (SSSR count). The number of likely N-dealkylation sites (N-methyl/N-ethyl adjacent to an activating group) is 1. The van der Waals surface area contributed by atoms with Gasteiger partial charge in [-0.2, -0.15) is 0 Å². The number of rotatable bonds is 44. The molecule has 0 fully saturated rings. The van der Waals surface area contributed by atoms with Crippen LogP contribution in [0.1, 0.15) is 213 Å². The van der Waals surface area contributed by atoms with Crippen LogP contribution in [0.4, 0.5) is 0 Å². The molecule has 0 aliphatic heterocycles. The molecule has 0 aromatic heterocycles. The standard InChI is InChI=1S/C49H92NO8P/c1-6-8-10-12-14-16-18-20-22-24-26-28-30-32-34-36-38-40-42-49(52)58-47(46-57-59(53,54)56-44-43-50(3,4)5)45-55-48(51)41-39-37-35-33-31-29-27-25-23-21-19-17-15-13-11-9-7-2/h21,23,27,29,33,35,47H,6-20,22,24-26,28,30-32,34,36-46H2,1-5H3/p+1/b23-21+,29-27+,35-33+/t47-/m1/s1. The minimum atomic E-state index is -4.39. The Morgan fingerprint density at radius 3 is 1.41 bits per heavy atom. The van der Waals surface area contributed by atoms with E-state index in [-0.39, 0.29) is 26.1 Å². The van der Waals surface area contributed by atoms with Crippen molar-refractivity contribution in [2.75, 3.05) is 47.5 Å². The van der Waals surface area contributed by atoms with E-state index < -0.39 is 32.5 Å². The molecule has 1 unspecified atom stereocenters. The van der Waals surface area contributed by atoms with E-state index in [0.717, 1.165) is 32.1 Å². The number of allylic oxidation sites excluding steroid dienone is 6. The molecule has 0 saturated carbocycles. The van der Waals surface area contributed by atoms with Gasteiger partial charge in [0.15, 0.2) is 6.10 Å². The molecular formula is C49H93NO8P+. The van der Waals surface area contributed by atoms with Crippen LogP contribution in [0.5, 0.6) is 0 Å². The molecule has 0 heterocycles. The van der Waals surface area contributed by atoms with Gasteiger partial charge in [0.1, 0.15) is 19.8 Å². The van der Waals surface area contributed by atoms with Gasteiger partial charge in [-0.25, -0.2) is 4.57 Å². The summed E-state index contributed by atoms with van der Waals surface area (Å²) < 4.78 is 34.3. The molecule has 9 nitrogen and oxygen atoms in total. The van der Waals surface area contributed by atoms with Crippen molar-refractivity contribution in [3.63, 3.8) is 0 Å². The van der Waals surface area contributed by atoms with Gasteiger partial charge in [0.05, 0.1) is 27.7 Å². The monoisotopic (exact) mass is 855 g/mol. The van der Waals surface area contributed by atoms with E-state index in [9.17, 15) is 19.0 Å². The van der Waals surface area contributed by atoms with E-state index in [4.69, 9.17) is 18.5 Å². The Hall–Kier alpha value is -1.77. The summed E-state index contributed by atoms with van der Waals surface area (Å²) in [5.41, 5.74) is 0. The summed E-state index contributed by atoms with van der Waals surface area (Å²) in [6.45, 7) is 4.38. The van der Waals surface area contributed by atoms with Crippen LogP contribution < -0.4 is 0 Å². The fraction of sp³-hybridized carbons (Fsp3) is 0.837. The SMILES string of the molecule is CCCCCCCC/C=C/C/C=C/C/C=C/CCCC(=O)OC[C@H](COP(=O)(O)OCC[N+](C)(C)C)OC(=O)CCCCCCCCCCCCCCCCCCCC. The highest BCUT2D eigenvalue weighted by molar-refractivity contribution is 7.47. The molecule has 0 aliphatic rings. The first kappa shape index (κ1) is 57.2. The Morgan fingerprint density at radius 1 is 0.525 bits per heavy atom. The van der Waals surface area contributed by atoms with Gasteiger partial charge in [-0.1, -0.05) is 192 Å². The number of nitrogens with zero attached hydrogens (tertiary/aromatic N) is 1. The predicted molar refractivity (Wildman–Crippen MR) is 247 cm³/mol. The highest BCUT2D eigenvalue weighted by atomic mass is 31.2. The van der Waals surface area contributed by atoms with Gasteiger partial charge < -0.3 is 18.9 Å².